The second kappa shape index (κ2) is 11.1. The number of hydrogen-bond donors (Lipinski definition) is 2. The van der Waals surface area contributed by atoms with Gasteiger partial charge in [-0.1, -0.05) is 24.1 Å². The van der Waals surface area contributed by atoms with Crippen molar-refractivity contribution in [2.75, 3.05) is 19.6 Å². The third-order valence-corrected chi connectivity index (χ3v) is 9.04. The summed E-state index contributed by atoms with van der Waals surface area (Å²) in [5.41, 5.74) is 1.35. The fraction of sp³-hybridized carbons (Fsp3) is 0.619. The highest BCUT2D eigenvalue weighted by molar-refractivity contribution is 7.91. The number of carbonyl (C=O) groups is 2. The van der Waals surface area contributed by atoms with Crippen LogP contribution in [0.1, 0.15) is 57.8 Å². The molecule has 1 aliphatic carbocycles. The summed E-state index contributed by atoms with van der Waals surface area (Å²) in [6.07, 6.45) is 10.7. The molecule has 166 valence electrons. The topological polar surface area (TPSA) is 95.6 Å². The molecule has 1 aromatic rings. The number of amides is 2. The maximum Gasteiger partial charge on any atom is 0.309 e. The lowest BCUT2D eigenvalue weighted by Gasteiger charge is -2.34. The number of thiophene rings is 1. The van der Waals surface area contributed by atoms with Gasteiger partial charge in [0.1, 0.15) is 4.21 Å². The average Bonchev–Trinajstić information content (AvgIpc) is 3.30. The van der Waals surface area contributed by atoms with Gasteiger partial charge in [-0.15, -0.1) is 11.3 Å². The first-order valence-electron chi connectivity index (χ1n) is 10.8. The fourth-order valence-electron chi connectivity index (χ4n) is 4.09. The van der Waals surface area contributed by atoms with E-state index < -0.39 is 21.8 Å². The minimum Gasteiger partial charge on any atom is -0.348 e. The number of nitrogens with zero attached hydrogens (tertiary/aromatic N) is 1. The second-order valence-electron chi connectivity index (χ2n) is 7.86. The molecule has 1 atom stereocenters. The van der Waals surface area contributed by atoms with E-state index in [0.717, 1.165) is 38.5 Å². The highest BCUT2D eigenvalue weighted by Gasteiger charge is 2.33. The summed E-state index contributed by atoms with van der Waals surface area (Å²) in [6, 6.07) is 3.20. The molecule has 0 radical (unpaired) electrons. The smallest absolute Gasteiger partial charge is 0.309 e. The lowest BCUT2D eigenvalue weighted by molar-refractivity contribution is -0.139. The van der Waals surface area contributed by atoms with Crippen LogP contribution in [0.4, 0.5) is 0 Å². The summed E-state index contributed by atoms with van der Waals surface area (Å²) in [6.45, 7) is 1.24. The van der Waals surface area contributed by atoms with Crippen LogP contribution in [-0.2, 0) is 19.6 Å². The van der Waals surface area contributed by atoms with Crippen LogP contribution >= 0.6 is 11.3 Å². The molecule has 2 heterocycles. The third-order valence-electron chi connectivity index (χ3n) is 5.72. The average molecular weight is 454 g/mol. The van der Waals surface area contributed by atoms with Gasteiger partial charge in [0.2, 0.25) is 0 Å². The maximum absolute atomic E-state index is 12.9. The van der Waals surface area contributed by atoms with Gasteiger partial charge in [-0.25, -0.2) is 8.42 Å². The normalized spacial score (nSPS) is 20.4. The van der Waals surface area contributed by atoms with E-state index in [1.165, 1.54) is 29.8 Å². The van der Waals surface area contributed by atoms with E-state index in [9.17, 15) is 18.0 Å². The Morgan fingerprint density at radius 2 is 1.90 bits per heavy atom. The molecule has 0 saturated carbocycles. The molecule has 0 bridgehead atoms. The summed E-state index contributed by atoms with van der Waals surface area (Å²) in [5, 5.41) is 7.07. The van der Waals surface area contributed by atoms with Gasteiger partial charge in [0.15, 0.2) is 0 Å². The maximum atomic E-state index is 12.9. The van der Waals surface area contributed by atoms with Gasteiger partial charge in [0.25, 0.3) is 10.0 Å². The van der Waals surface area contributed by atoms with E-state index in [-0.39, 0.29) is 12.6 Å². The summed E-state index contributed by atoms with van der Waals surface area (Å²) in [5.74, 6) is -1.28. The Morgan fingerprint density at radius 1 is 1.10 bits per heavy atom. The van der Waals surface area contributed by atoms with Crippen LogP contribution in [-0.4, -0.2) is 50.2 Å². The zero-order chi connectivity index (χ0) is 21.4. The van der Waals surface area contributed by atoms with E-state index >= 15 is 0 Å². The Labute approximate surface area is 183 Å². The highest BCUT2D eigenvalue weighted by Crippen LogP contribution is 2.29. The first-order chi connectivity index (χ1) is 14.5. The SMILES string of the molecule is O=C(NCCC1=CCCCC1)C(=O)NCC[C@H]1CCCCN1S(=O)(=O)c1cccs1. The van der Waals surface area contributed by atoms with Crippen LogP contribution in [0.2, 0.25) is 0 Å². The highest BCUT2D eigenvalue weighted by atomic mass is 32.2. The quantitative estimate of drug-likeness (QED) is 0.467. The zero-order valence-electron chi connectivity index (χ0n) is 17.3. The van der Waals surface area contributed by atoms with Crippen LogP contribution in [0, 0.1) is 0 Å². The fourth-order valence-corrected chi connectivity index (χ4v) is 6.93. The van der Waals surface area contributed by atoms with E-state index in [0.29, 0.717) is 23.7 Å². The van der Waals surface area contributed by atoms with E-state index in [4.69, 9.17) is 0 Å². The lowest BCUT2D eigenvalue weighted by atomic mass is 9.97. The standard InChI is InChI=1S/C21H31N3O4S2/c25-20(22-13-11-17-7-2-1-3-8-17)21(26)23-14-12-18-9-4-5-15-24(18)30(27,28)19-10-6-16-29-19/h6-7,10,16,18H,1-5,8-9,11-15H2,(H,22,25)(H,23,26)/t18-/m1/s1. The first-order valence-corrected chi connectivity index (χ1v) is 13.1. The molecule has 7 nitrogen and oxygen atoms in total. The van der Waals surface area contributed by atoms with Gasteiger partial charge in [-0.3, -0.25) is 9.59 Å². The third kappa shape index (κ3) is 6.15. The monoisotopic (exact) mass is 453 g/mol. The number of rotatable bonds is 8. The van der Waals surface area contributed by atoms with Crippen molar-refractivity contribution in [1.29, 1.82) is 0 Å². The summed E-state index contributed by atoms with van der Waals surface area (Å²) in [7, 11) is -3.50. The van der Waals surface area contributed by atoms with Gasteiger partial charge in [-0.2, -0.15) is 4.31 Å². The van der Waals surface area contributed by atoms with Crippen LogP contribution in [0.15, 0.2) is 33.4 Å². The zero-order valence-corrected chi connectivity index (χ0v) is 18.9. The summed E-state index contributed by atoms with van der Waals surface area (Å²) in [4.78, 5) is 24.1. The number of sulfonamides is 1. The largest absolute Gasteiger partial charge is 0.348 e. The van der Waals surface area contributed by atoms with Crippen molar-refractivity contribution in [3.63, 3.8) is 0 Å². The number of piperidine rings is 1. The van der Waals surface area contributed by atoms with Gasteiger partial charge >= 0.3 is 11.8 Å². The van der Waals surface area contributed by atoms with Gasteiger partial charge in [0.05, 0.1) is 0 Å². The minimum atomic E-state index is -3.50. The van der Waals surface area contributed by atoms with Crippen molar-refractivity contribution in [2.24, 2.45) is 0 Å². The molecular formula is C21H31N3O4S2. The van der Waals surface area contributed by atoms with E-state index in [2.05, 4.69) is 16.7 Å². The van der Waals surface area contributed by atoms with Crippen molar-refractivity contribution >= 4 is 33.2 Å². The van der Waals surface area contributed by atoms with Gasteiger partial charge in [-0.05, 0) is 62.8 Å². The van der Waals surface area contributed by atoms with Crippen LogP contribution in [0.3, 0.4) is 0 Å². The van der Waals surface area contributed by atoms with Crippen molar-refractivity contribution in [3.8, 4) is 0 Å². The van der Waals surface area contributed by atoms with Gasteiger partial charge < -0.3 is 10.6 Å². The Morgan fingerprint density at radius 3 is 2.60 bits per heavy atom. The number of hydrogen-bond acceptors (Lipinski definition) is 5. The Kier molecular flexibility index (Phi) is 8.47. The molecule has 0 spiro atoms. The molecular weight excluding hydrogens is 422 g/mol. The molecule has 9 heteroatoms. The summed E-state index contributed by atoms with van der Waals surface area (Å²) >= 11 is 1.22. The molecule has 1 aromatic heterocycles. The van der Waals surface area contributed by atoms with Crippen molar-refractivity contribution in [2.45, 2.75) is 68.0 Å². The van der Waals surface area contributed by atoms with E-state index in [1.807, 2.05) is 0 Å². The molecule has 0 unspecified atom stereocenters. The van der Waals surface area contributed by atoms with Crippen LogP contribution in [0.25, 0.3) is 0 Å². The first kappa shape index (κ1) is 23.0. The predicted molar refractivity (Wildman–Crippen MR) is 118 cm³/mol. The van der Waals surface area contributed by atoms with Crippen molar-refractivity contribution in [3.05, 3.63) is 29.2 Å². The Balaban J connectivity index is 1.43. The molecule has 0 aromatic carbocycles. The van der Waals surface area contributed by atoms with Crippen LogP contribution in [0.5, 0.6) is 0 Å². The molecule has 1 saturated heterocycles. The Bertz CT molecular complexity index is 850. The summed E-state index contributed by atoms with van der Waals surface area (Å²) < 4.78 is 27.7. The van der Waals surface area contributed by atoms with Gasteiger partial charge in [0, 0.05) is 25.7 Å². The molecule has 3 rings (SSSR count). The Hall–Kier alpha value is -1.71. The molecule has 2 N–H and O–H groups in total. The van der Waals surface area contributed by atoms with E-state index in [1.54, 1.807) is 21.8 Å². The van der Waals surface area contributed by atoms with Crippen molar-refractivity contribution in [1.82, 2.24) is 14.9 Å². The minimum absolute atomic E-state index is 0.160. The van der Waals surface area contributed by atoms with Crippen LogP contribution < -0.4 is 10.6 Å². The van der Waals surface area contributed by atoms with Crippen molar-refractivity contribution < 1.29 is 18.0 Å². The number of allylic oxidation sites excluding steroid dienone is 1. The predicted octanol–water partition coefficient (Wildman–Crippen LogP) is 2.80. The molecule has 1 fully saturated rings. The lowest BCUT2D eigenvalue weighted by Crippen LogP contribution is -2.46. The second-order valence-corrected chi connectivity index (χ2v) is 10.9. The number of nitrogens with one attached hydrogen (secondary N) is 2. The number of carbonyl (C=O) groups excluding carboxylic acids is 2. The molecule has 1 aliphatic heterocycles. The molecule has 30 heavy (non-hydrogen) atoms. The molecule has 2 aliphatic rings. The molecule has 2 amide bonds.